The lowest BCUT2D eigenvalue weighted by molar-refractivity contribution is 0.925. The summed E-state index contributed by atoms with van der Waals surface area (Å²) < 4.78 is 1.15. The number of nitrogens with two attached hydrogens (primary N) is 1. The highest BCUT2D eigenvalue weighted by Crippen LogP contribution is 2.32. The molecule has 1 aromatic heterocycles. The van der Waals surface area contributed by atoms with E-state index in [2.05, 4.69) is 54.2 Å². The molecule has 0 fully saturated rings. The number of benzene rings is 2. The number of hydrogen-bond acceptors (Lipinski definition) is 4. The van der Waals surface area contributed by atoms with Crippen LogP contribution in [0.2, 0.25) is 0 Å². The first-order valence-electron chi connectivity index (χ1n) is 6.96. The molecule has 2 N–H and O–H groups in total. The number of nitrogens with zero attached hydrogens (tertiary/aromatic N) is 2. The molecule has 4 heteroatoms. The number of thiazole rings is 1. The molecule has 0 saturated carbocycles. The summed E-state index contributed by atoms with van der Waals surface area (Å²) in [5, 5.41) is 1.07. The van der Waals surface area contributed by atoms with Crippen LogP contribution in [-0.2, 0) is 6.54 Å². The highest BCUT2D eigenvalue weighted by Gasteiger charge is 2.10. The van der Waals surface area contributed by atoms with Crippen molar-refractivity contribution in [3.63, 3.8) is 0 Å². The number of aryl methyl sites for hydroxylation is 2. The first-order chi connectivity index (χ1) is 10.0. The molecule has 3 nitrogen and oxygen atoms in total. The van der Waals surface area contributed by atoms with Crippen molar-refractivity contribution in [2.45, 2.75) is 20.4 Å². The molecule has 3 aromatic rings. The molecule has 0 unspecified atom stereocenters. The van der Waals surface area contributed by atoms with Gasteiger partial charge in [0.2, 0.25) is 0 Å². The van der Waals surface area contributed by atoms with Gasteiger partial charge in [0.25, 0.3) is 0 Å². The van der Waals surface area contributed by atoms with Crippen LogP contribution in [0.15, 0.2) is 36.4 Å². The molecule has 0 amide bonds. The lowest BCUT2D eigenvalue weighted by Crippen LogP contribution is -2.17. The van der Waals surface area contributed by atoms with E-state index in [1.165, 1.54) is 11.1 Å². The Bertz CT molecular complexity index is 775. The van der Waals surface area contributed by atoms with Crippen LogP contribution in [-0.4, -0.2) is 12.0 Å². The maximum Gasteiger partial charge on any atom is 0.0907 e. The van der Waals surface area contributed by atoms with E-state index < -0.39 is 0 Å². The molecule has 0 atom stereocenters. The summed E-state index contributed by atoms with van der Waals surface area (Å²) in [6.45, 7) is 4.96. The average Bonchev–Trinajstić information content (AvgIpc) is 2.79. The monoisotopic (exact) mass is 297 g/mol. The highest BCUT2D eigenvalue weighted by atomic mass is 32.1. The van der Waals surface area contributed by atoms with Gasteiger partial charge in [-0.15, -0.1) is 11.3 Å². The first-order valence-corrected chi connectivity index (χ1v) is 7.78. The third-order valence-corrected chi connectivity index (χ3v) is 4.53. The Kier molecular flexibility index (Phi) is 3.55. The zero-order valence-corrected chi connectivity index (χ0v) is 13.4. The van der Waals surface area contributed by atoms with Crippen LogP contribution in [0.25, 0.3) is 10.2 Å². The van der Waals surface area contributed by atoms with E-state index >= 15 is 0 Å². The van der Waals surface area contributed by atoms with Crippen LogP contribution in [0, 0.1) is 13.8 Å². The second-order valence-corrected chi connectivity index (χ2v) is 6.69. The van der Waals surface area contributed by atoms with E-state index in [9.17, 15) is 0 Å². The van der Waals surface area contributed by atoms with Gasteiger partial charge in [-0.2, -0.15) is 0 Å². The second kappa shape index (κ2) is 5.37. The molecule has 0 radical (unpaired) electrons. The Balaban J connectivity index is 1.91. The molecule has 3 rings (SSSR count). The third kappa shape index (κ3) is 2.85. The number of fused-ring (bicyclic) bond motifs is 1. The molecule has 0 aliphatic rings. The zero-order valence-electron chi connectivity index (χ0n) is 12.6. The molecular weight excluding hydrogens is 278 g/mol. The number of hydrogen-bond donors (Lipinski definition) is 1. The predicted molar refractivity (Wildman–Crippen MR) is 92.1 cm³/mol. The van der Waals surface area contributed by atoms with Gasteiger partial charge < -0.3 is 10.6 Å². The minimum absolute atomic E-state index is 0.806. The minimum atomic E-state index is 0.806. The molecule has 21 heavy (non-hydrogen) atoms. The van der Waals surface area contributed by atoms with Gasteiger partial charge in [0.05, 0.1) is 26.6 Å². The summed E-state index contributed by atoms with van der Waals surface area (Å²) in [5.74, 6) is 0. The van der Waals surface area contributed by atoms with Crippen molar-refractivity contribution < 1.29 is 0 Å². The van der Waals surface area contributed by atoms with Crippen LogP contribution in [0.5, 0.6) is 0 Å². The Morgan fingerprint density at radius 3 is 2.57 bits per heavy atom. The summed E-state index contributed by atoms with van der Waals surface area (Å²) in [5.41, 5.74) is 11.6. The Hall–Kier alpha value is -2.07. The maximum atomic E-state index is 6.21. The largest absolute Gasteiger partial charge is 0.397 e. The number of nitrogen functional groups attached to an aromatic ring is 1. The summed E-state index contributed by atoms with van der Waals surface area (Å²) >= 11 is 1.68. The van der Waals surface area contributed by atoms with Crippen molar-refractivity contribution >= 4 is 32.9 Å². The fourth-order valence-corrected chi connectivity index (χ4v) is 3.33. The summed E-state index contributed by atoms with van der Waals surface area (Å²) in [4.78, 5) is 6.73. The minimum Gasteiger partial charge on any atom is -0.397 e. The van der Waals surface area contributed by atoms with Gasteiger partial charge >= 0.3 is 0 Å². The fourth-order valence-electron chi connectivity index (χ4n) is 2.48. The number of rotatable bonds is 3. The number of anilines is 2. The topological polar surface area (TPSA) is 42.2 Å². The van der Waals surface area contributed by atoms with Crippen molar-refractivity contribution in [2.24, 2.45) is 0 Å². The average molecular weight is 297 g/mol. The second-order valence-electron chi connectivity index (χ2n) is 5.45. The van der Waals surface area contributed by atoms with E-state index in [-0.39, 0.29) is 0 Å². The van der Waals surface area contributed by atoms with Crippen molar-refractivity contribution in [3.8, 4) is 0 Å². The van der Waals surface area contributed by atoms with Gasteiger partial charge in [0, 0.05) is 13.6 Å². The van der Waals surface area contributed by atoms with Crippen LogP contribution >= 0.6 is 11.3 Å². The summed E-state index contributed by atoms with van der Waals surface area (Å²) in [7, 11) is 2.07. The van der Waals surface area contributed by atoms with Crippen molar-refractivity contribution in [3.05, 3.63) is 52.5 Å². The Labute approximate surface area is 129 Å². The lowest BCUT2D eigenvalue weighted by Gasteiger charge is -2.21. The smallest absolute Gasteiger partial charge is 0.0907 e. The van der Waals surface area contributed by atoms with Gasteiger partial charge in [0.1, 0.15) is 0 Å². The molecule has 0 spiro atoms. The van der Waals surface area contributed by atoms with Crippen LogP contribution < -0.4 is 10.6 Å². The molecule has 1 heterocycles. The SMILES string of the molecule is Cc1ccc(CN(C)c2cc3nc(C)sc3cc2N)cc1. The molecule has 0 bridgehead atoms. The molecule has 0 aliphatic carbocycles. The van der Waals surface area contributed by atoms with Crippen molar-refractivity contribution in [2.75, 3.05) is 17.7 Å². The van der Waals surface area contributed by atoms with E-state index in [1.54, 1.807) is 11.3 Å². The van der Waals surface area contributed by atoms with Gasteiger partial charge in [-0.05, 0) is 31.5 Å². The molecule has 0 saturated heterocycles. The van der Waals surface area contributed by atoms with E-state index in [4.69, 9.17) is 5.73 Å². The van der Waals surface area contributed by atoms with Gasteiger partial charge in [-0.1, -0.05) is 29.8 Å². The van der Waals surface area contributed by atoms with E-state index in [0.29, 0.717) is 0 Å². The third-order valence-electron chi connectivity index (χ3n) is 3.60. The predicted octanol–water partition coefficient (Wildman–Crippen LogP) is 4.13. The van der Waals surface area contributed by atoms with Gasteiger partial charge in [0.15, 0.2) is 0 Å². The van der Waals surface area contributed by atoms with Crippen molar-refractivity contribution in [1.82, 2.24) is 4.98 Å². The summed E-state index contributed by atoms with van der Waals surface area (Å²) in [6.07, 6.45) is 0. The lowest BCUT2D eigenvalue weighted by atomic mass is 10.1. The molecule has 108 valence electrons. The van der Waals surface area contributed by atoms with Crippen LogP contribution in [0.4, 0.5) is 11.4 Å². The summed E-state index contributed by atoms with van der Waals surface area (Å²) in [6, 6.07) is 12.7. The first kappa shape index (κ1) is 13.9. The maximum absolute atomic E-state index is 6.21. The zero-order chi connectivity index (χ0) is 15.0. The number of aromatic nitrogens is 1. The van der Waals surface area contributed by atoms with Crippen LogP contribution in [0.1, 0.15) is 16.1 Å². The van der Waals surface area contributed by atoms with E-state index in [1.807, 2.05) is 13.0 Å². The molecule has 2 aromatic carbocycles. The Morgan fingerprint density at radius 2 is 1.86 bits per heavy atom. The van der Waals surface area contributed by atoms with Crippen molar-refractivity contribution in [1.29, 1.82) is 0 Å². The Morgan fingerprint density at radius 1 is 1.14 bits per heavy atom. The highest BCUT2D eigenvalue weighted by molar-refractivity contribution is 7.18. The van der Waals surface area contributed by atoms with E-state index in [0.717, 1.165) is 33.1 Å². The molecule has 0 aliphatic heterocycles. The molecular formula is C17H19N3S. The standard InChI is InChI=1S/C17H19N3S/c1-11-4-6-13(7-5-11)10-20(3)16-9-15-17(8-14(16)18)21-12(2)19-15/h4-9H,10,18H2,1-3H3. The van der Waals surface area contributed by atoms with Gasteiger partial charge in [-0.25, -0.2) is 4.98 Å². The quantitative estimate of drug-likeness (QED) is 0.739. The fraction of sp³-hybridized carbons (Fsp3) is 0.235. The normalized spacial score (nSPS) is 11.0. The van der Waals surface area contributed by atoms with Crippen LogP contribution in [0.3, 0.4) is 0 Å². The van der Waals surface area contributed by atoms with Gasteiger partial charge in [-0.3, -0.25) is 0 Å².